The monoisotopic (exact) mass is 216 g/mol. The lowest BCUT2D eigenvalue weighted by Gasteiger charge is -2.00. The molecule has 3 nitrogen and oxygen atoms in total. The number of rotatable bonds is 4. The van der Waals surface area contributed by atoms with E-state index in [1.807, 2.05) is 30.3 Å². The minimum atomic E-state index is -1.01. The van der Waals surface area contributed by atoms with Gasteiger partial charge in [0.1, 0.15) is 0 Å². The van der Waals surface area contributed by atoms with Crippen LogP contribution in [0.3, 0.4) is 0 Å². The van der Waals surface area contributed by atoms with Crippen LogP contribution in [-0.4, -0.2) is 11.1 Å². The number of hydrogen-bond acceptors (Lipinski definition) is 2. The van der Waals surface area contributed by atoms with Gasteiger partial charge in [-0.15, -0.1) is 0 Å². The number of carboxylic acids is 1. The fourth-order valence-electron chi connectivity index (χ4n) is 1.64. The number of carboxylic acid groups (broad SMARTS) is 1. The van der Waals surface area contributed by atoms with Crippen molar-refractivity contribution in [2.24, 2.45) is 0 Å². The standard InChI is InChI=1S/C13H12O3/c14-13(15)12-11(8-9-16-12)7-6-10-4-2-1-3-5-10/h1-5,8-9H,6-7H2,(H,14,15). The number of aryl methyl sites for hydroxylation is 2. The van der Waals surface area contributed by atoms with Gasteiger partial charge < -0.3 is 9.52 Å². The smallest absolute Gasteiger partial charge is 0.372 e. The van der Waals surface area contributed by atoms with E-state index < -0.39 is 5.97 Å². The third kappa shape index (κ3) is 2.31. The Morgan fingerprint density at radius 1 is 1.12 bits per heavy atom. The lowest BCUT2D eigenvalue weighted by Crippen LogP contribution is -2.00. The summed E-state index contributed by atoms with van der Waals surface area (Å²) in [7, 11) is 0. The van der Waals surface area contributed by atoms with Gasteiger partial charge in [0.2, 0.25) is 5.76 Å². The molecule has 1 aromatic heterocycles. The Kier molecular flexibility index (Phi) is 3.05. The summed E-state index contributed by atoms with van der Waals surface area (Å²) in [5.41, 5.74) is 1.94. The molecule has 0 unspecified atom stereocenters. The molecule has 0 fully saturated rings. The molecule has 1 heterocycles. The van der Waals surface area contributed by atoms with Crippen molar-refractivity contribution in [1.82, 2.24) is 0 Å². The maximum atomic E-state index is 10.8. The summed E-state index contributed by atoms with van der Waals surface area (Å²) in [6.45, 7) is 0. The first-order valence-electron chi connectivity index (χ1n) is 5.11. The van der Waals surface area contributed by atoms with Crippen LogP contribution >= 0.6 is 0 Å². The highest BCUT2D eigenvalue weighted by Gasteiger charge is 2.13. The molecule has 0 saturated carbocycles. The maximum absolute atomic E-state index is 10.8. The molecule has 0 aliphatic rings. The number of aromatic carboxylic acids is 1. The number of carbonyl (C=O) groups is 1. The van der Waals surface area contributed by atoms with Gasteiger partial charge in [-0.05, 0) is 24.5 Å². The summed E-state index contributed by atoms with van der Waals surface area (Å²) in [5.74, 6) is -0.955. The van der Waals surface area contributed by atoms with Gasteiger partial charge in [-0.25, -0.2) is 4.79 Å². The highest BCUT2D eigenvalue weighted by atomic mass is 16.4. The van der Waals surface area contributed by atoms with E-state index in [1.54, 1.807) is 6.07 Å². The minimum Gasteiger partial charge on any atom is -0.475 e. The molecule has 82 valence electrons. The van der Waals surface area contributed by atoms with Crippen LogP contribution in [0.15, 0.2) is 47.1 Å². The molecule has 1 aromatic carbocycles. The van der Waals surface area contributed by atoms with E-state index in [-0.39, 0.29) is 5.76 Å². The van der Waals surface area contributed by atoms with Crippen molar-refractivity contribution >= 4 is 5.97 Å². The van der Waals surface area contributed by atoms with Crippen LogP contribution in [-0.2, 0) is 12.8 Å². The molecule has 0 bridgehead atoms. The number of furan rings is 1. The highest BCUT2D eigenvalue weighted by molar-refractivity contribution is 5.86. The molecule has 2 rings (SSSR count). The molecule has 3 heteroatoms. The normalized spacial score (nSPS) is 10.2. The Balaban J connectivity index is 2.05. The SMILES string of the molecule is O=C(O)c1occc1CCc1ccccc1. The molecular weight excluding hydrogens is 204 g/mol. The molecule has 0 amide bonds. The van der Waals surface area contributed by atoms with Gasteiger partial charge in [0.25, 0.3) is 0 Å². The van der Waals surface area contributed by atoms with Crippen LogP contribution in [0.25, 0.3) is 0 Å². The van der Waals surface area contributed by atoms with Gasteiger partial charge in [0.05, 0.1) is 6.26 Å². The second-order valence-corrected chi connectivity index (χ2v) is 3.57. The van der Waals surface area contributed by atoms with E-state index in [1.165, 1.54) is 11.8 Å². The van der Waals surface area contributed by atoms with Gasteiger partial charge in [0.15, 0.2) is 0 Å². The zero-order chi connectivity index (χ0) is 11.4. The topological polar surface area (TPSA) is 50.4 Å². The van der Waals surface area contributed by atoms with Gasteiger partial charge >= 0.3 is 5.97 Å². The molecule has 0 aliphatic heterocycles. The van der Waals surface area contributed by atoms with E-state index in [2.05, 4.69) is 0 Å². The summed E-state index contributed by atoms with van der Waals surface area (Å²) in [6, 6.07) is 11.7. The molecule has 1 N–H and O–H groups in total. The molecule has 0 radical (unpaired) electrons. The largest absolute Gasteiger partial charge is 0.475 e. The van der Waals surface area contributed by atoms with E-state index in [9.17, 15) is 4.79 Å². The van der Waals surface area contributed by atoms with Gasteiger partial charge in [0, 0.05) is 5.56 Å². The maximum Gasteiger partial charge on any atom is 0.372 e. The first kappa shape index (κ1) is 10.5. The fraction of sp³-hybridized carbons (Fsp3) is 0.154. The first-order chi connectivity index (χ1) is 7.77. The molecule has 0 aliphatic carbocycles. The third-order valence-electron chi connectivity index (χ3n) is 2.47. The Hall–Kier alpha value is -2.03. The van der Waals surface area contributed by atoms with Crippen LogP contribution in [0.5, 0.6) is 0 Å². The highest BCUT2D eigenvalue weighted by Crippen LogP contribution is 2.13. The van der Waals surface area contributed by atoms with E-state index in [0.717, 1.165) is 12.0 Å². The Morgan fingerprint density at radius 3 is 2.56 bits per heavy atom. The van der Waals surface area contributed by atoms with Crippen LogP contribution in [0, 0.1) is 0 Å². The second kappa shape index (κ2) is 4.66. The zero-order valence-corrected chi connectivity index (χ0v) is 8.72. The summed E-state index contributed by atoms with van der Waals surface area (Å²) in [5, 5.41) is 8.86. The quantitative estimate of drug-likeness (QED) is 0.854. The van der Waals surface area contributed by atoms with Crippen molar-refractivity contribution in [2.75, 3.05) is 0 Å². The van der Waals surface area contributed by atoms with E-state index in [0.29, 0.717) is 6.42 Å². The van der Waals surface area contributed by atoms with Crippen LogP contribution < -0.4 is 0 Å². The molecule has 0 saturated heterocycles. The van der Waals surface area contributed by atoms with Crippen molar-refractivity contribution < 1.29 is 14.3 Å². The summed E-state index contributed by atoms with van der Waals surface area (Å²) in [6.07, 6.45) is 2.92. The van der Waals surface area contributed by atoms with Crippen molar-refractivity contribution in [3.63, 3.8) is 0 Å². The van der Waals surface area contributed by atoms with Gasteiger partial charge in [-0.3, -0.25) is 0 Å². The average molecular weight is 216 g/mol. The van der Waals surface area contributed by atoms with E-state index in [4.69, 9.17) is 9.52 Å². The van der Waals surface area contributed by atoms with Crippen LogP contribution in [0.1, 0.15) is 21.7 Å². The Morgan fingerprint density at radius 2 is 1.88 bits per heavy atom. The molecular formula is C13H12O3. The van der Waals surface area contributed by atoms with Crippen molar-refractivity contribution in [2.45, 2.75) is 12.8 Å². The number of benzene rings is 1. The van der Waals surface area contributed by atoms with Crippen LogP contribution in [0.4, 0.5) is 0 Å². The predicted molar refractivity (Wildman–Crippen MR) is 59.5 cm³/mol. The fourth-order valence-corrected chi connectivity index (χ4v) is 1.64. The van der Waals surface area contributed by atoms with Crippen molar-refractivity contribution in [3.8, 4) is 0 Å². The Labute approximate surface area is 93.3 Å². The molecule has 16 heavy (non-hydrogen) atoms. The molecule has 2 aromatic rings. The van der Waals surface area contributed by atoms with Gasteiger partial charge in [-0.1, -0.05) is 30.3 Å². The second-order valence-electron chi connectivity index (χ2n) is 3.57. The van der Waals surface area contributed by atoms with E-state index >= 15 is 0 Å². The van der Waals surface area contributed by atoms with Gasteiger partial charge in [-0.2, -0.15) is 0 Å². The predicted octanol–water partition coefficient (Wildman–Crippen LogP) is 2.76. The average Bonchev–Trinajstić information content (AvgIpc) is 2.76. The van der Waals surface area contributed by atoms with Crippen molar-refractivity contribution in [1.29, 1.82) is 0 Å². The number of hydrogen-bond donors (Lipinski definition) is 1. The summed E-state index contributed by atoms with van der Waals surface area (Å²) < 4.78 is 4.91. The first-order valence-corrected chi connectivity index (χ1v) is 5.11. The lowest BCUT2D eigenvalue weighted by atomic mass is 10.1. The summed E-state index contributed by atoms with van der Waals surface area (Å²) in [4.78, 5) is 10.8. The van der Waals surface area contributed by atoms with Crippen LogP contribution in [0.2, 0.25) is 0 Å². The third-order valence-corrected chi connectivity index (χ3v) is 2.47. The zero-order valence-electron chi connectivity index (χ0n) is 8.72. The minimum absolute atomic E-state index is 0.0518. The Bertz CT molecular complexity index is 471. The molecule has 0 atom stereocenters. The summed E-state index contributed by atoms with van der Waals surface area (Å²) >= 11 is 0. The lowest BCUT2D eigenvalue weighted by molar-refractivity contribution is 0.0661. The van der Waals surface area contributed by atoms with Crippen molar-refractivity contribution in [3.05, 3.63) is 59.5 Å². The molecule has 0 spiro atoms.